The van der Waals surface area contributed by atoms with E-state index in [1.54, 1.807) is 0 Å². The minimum atomic E-state index is 1.07. The van der Waals surface area contributed by atoms with Crippen LogP contribution >= 0.6 is 27.7 Å². The lowest BCUT2D eigenvalue weighted by Crippen LogP contribution is -2.00. The summed E-state index contributed by atoms with van der Waals surface area (Å²) in [5, 5.41) is 4.44. The third-order valence-corrected chi connectivity index (χ3v) is 4.20. The van der Waals surface area contributed by atoms with Gasteiger partial charge in [0.2, 0.25) is 0 Å². The van der Waals surface area contributed by atoms with Crippen molar-refractivity contribution in [3.63, 3.8) is 0 Å². The summed E-state index contributed by atoms with van der Waals surface area (Å²) in [5.74, 6) is 2.16. The molecule has 0 spiro atoms. The number of nitrogens with zero attached hydrogens (tertiary/aromatic N) is 2. The second-order valence-corrected chi connectivity index (χ2v) is 5.31. The van der Waals surface area contributed by atoms with E-state index in [2.05, 4.69) is 27.1 Å². The number of thioether (sulfide) groups is 1. The first-order valence-corrected chi connectivity index (χ1v) is 6.69. The second-order valence-electron chi connectivity index (χ2n) is 3.47. The number of aromatic nitrogens is 2. The number of hydrogen-bond donors (Lipinski definition) is 0. The maximum Gasteiger partial charge on any atom is 0.0791 e. The highest BCUT2D eigenvalue weighted by atomic mass is 79.9. The van der Waals surface area contributed by atoms with Crippen molar-refractivity contribution in [1.82, 2.24) is 9.78 Å². The van der Waals surface area contributed by atoms with E-state index in [1.165, 1.54) is 11.3 Å². The van der Waals surface area contributed by atoms with E-state index in [-0.39, 0.29) is 0 Å². The Morgan fingerprint density at radius 3 is 3.00 bits per heavy atom. The highest BCUT2D eigenvalue weighted by Gasteiger charge is 2.18. The minimum absolute atomic E-state index is 1.07. The van der Waals surface area contributed by atoms with Crippen LogP contribution in [0.2, 0.25) is 0 Å². The van der Waals surface area contributed by atoms with Gasteiger partial charge in [-0.3, -0.25) is 0 Å². The van der Waals surface area contributed by atoms with Gasteiger partial charge in [-0.2, -0.15) is 16.9 Å². The quantitative estimate of drug-likeness (QED) is 0.797. The number of halogens is 1. The molecular formula is C11H9BrN2S. The third kappa shape index (κ3) is 1.52. The first-order valence-electron chi connectivity index (χ1n) is 4.74. The van der Waals surface area contributed by atoms with Crippen molar-refractivity contribution in [2.75, 3.05) is 0 Å². The van der Waals surface area contributed by atoms with Gasteiger partial charge in [0.15, 0.2) is 0 Å². The number of rotatable bonds is 1. The molecule has 1 aliphatic heterocycles. The molecule has 0 saturated heterocycles. The zero-order valence-corrected chi connectivity index (χ0v) is 10.4. The average Bonchev–Trinajstić information content (AvgIpc) is 2.80. The maximum absolute atomic E-state index is 4.44. The van der Waals surface area contributed by atoms with Gasteiger partial charge in [0.25, 0.3) is 0 Å². The predicted molar refractivity (Wildman–Crippen MR) is 66.3 cm³/mol. The molecule has 1 aliphatic rings. The molecule has 15 heavy (non-hydrogen) atoms. The Labute approximate surface area is 101 Å². The maximum atomic E-state index is 4.44. The molecule has 2 heterocycles. The Balaban J connectivity index is 2.17. The van der Waals surface area contributed by atoms with Crippen molar-refractivity contribution in [3.8, 4) is 5.69 Å². The van der Waals surface area contributed by atoms with Gasteiger partial charge in [0.05, 0.1) is 17.6 Å². The topological polar surface area (TPSA) is 17.8 Å². The van der Waals surface area contributed by atoms with Gasteiger partial charge in [0.1, 0.15) is 0 Å². The largest absolute Gasteiger partial charge is 0.236 e. The Bertz CT molecular complexity index is 507. The van der Waals surface area contributed by atoms with Crippen molar-refractivity contribution < 1.29 is 0 Å². The van der Waals surface area contributed by atoms with Gasteiger partial charge in [0, 0.05) is 21.5 Å². The van der Waals surface area contributed by atoms with Gasteiger partial charge < -0.3 is 0 Å². The Morgan fingerprint density at radius 1 is 1.27 bits per heavy atom. The molecule has 0 radical (unpaired) electrons. The van der Waals surface area contributed by atoms with Crippen LogP contribution < -0.4 is 0 Å². The molecular weight excluding hydrogens is 272 g/mol. The lowest BCUT2D eigenvalue weighted by molar-refractivity contribution is 0.839. The van der Waals surface area contributed by atoms with Crippen molar-refractivity contribution in [2.24, 2.45) is 0 Å². The fourth-order valence-electron chi connectivity index (χ4n) is 1.77. The van der Waals surface area contributed by atoms with E-state index in [0.29, 0.717) is 0 Å². The minimum Gasteiger partial charge on any atom is -0.236 e. The summed E-state index contributed by atoms with van der Waals surface area (Å²) in [5.41, 5.74) is 3.84. The van der Waals surface area contributed by atoms with Crippen LogP contribution in [0.3, 0.4) is 0 Å². The molecule has 0 unspecified atom stereocenters. The average molecular weight is 281 g/mol. The number of benzene rings is 1. The van der Waals surface area contributed by atoms with Crippen LogP contribution in [0.4, 0.5) is 0 Å². The summed E-state index contributed by atoms with van der Waals surface area (Å²) in [7, 11) is 0. The van der Waals surface area contributed by atoms with E-state index in [9.17, 15) is 0 Å². The summed E-state index contributed by atoms with van der Waals surface area (Å²) >= 11 is 5.51. The van der Waals surface area contributed by atoms with Crippen LogP contribution in [0, 0.1) is 0 Å². The molecule has 0 aliphatic carbocycles. The highest BCUT2D eigenvalue weighted by molar-refractivity contribution is 9.10. The zero-order valence-electron chi connectivity index (χ0n) is 7.98. The second kappa shape index (κ2) is 3.68. The van der Waals surface area contributed by atoms with Gasteiger partial charge in [-0.05, 0) is 28.1 Å². The van der Waals surface area contributed by atoms with Gasteiger partial charge >= 0.3 is 0 Å². The standard InChI is InChI=1S/C11H9BrN2S/c12-9-3-1-2-4-10(9)14-11-7-15-6-8(11)5-13-14/h1-5H,6-7H2. The number of fused-ring (bicyclic) bond motifs is 1. The molecule has 0 saturated carbocycles. The zero-order chi connectivity index (χ0) is 10.3. The van der Waals surface area contributed by atoms with E-state index in [1.807, 2.05) is 40.8 Å². The monoisotopic (exact) mass is 280 g/mol. The van der Waals surface area contributed by atoms with E-state index >= 15 is 0 Å². The summed E-state index contributed by atoms with van der Waals surface area (Å²) < 4.78 is 3.13. The molecule has 0 atom stereocenters. The Hall–Kier alpha value is -0.740. The summed E-state index contributed by atoms with van der Waals surface area (Å²) in [6.07, 6.45) is 1.98. The number of hydrogen-bond acceptors (Lipinski definition) is 2. The lowest BCUT2D eigenvalue weighted by Gasteiger charge is -2.06. The van der Waals surface area contributed by atoms with Crippen LogP contribution in [0.1, 0.15) is 11.3 Å². The van der Waals surface area contributed by atoms with Crippen molar-refractivity contribution in [2.45, 2.75) is 11.5 Å². The van der Waals surface area contributed by atoms with Crippen LogP contribution in [-0.4, -0.2) is 9.78 Å². The predicted octanol–water partition coefficient (Wildman–Crippen LogP) is 3.38. The van der Waals surface area contributed by atoms with Gasteiger partial charge in [-0.1, -0.05) is 12.1 Å². The molecule has 0 bridgehead atoms. The van der Waals surface area contributed by atoms with E-state index in [4.69, 9.17) is 0 Å². The molecule has 2 aromatic rings. The molecule has 1 aromatic heterocycles. The highest BCUT2D eigenvalue weighted by Crippen LogP contribution is 2.32. The van der Waals surface area contributed by atoms with Crippen molar-refractivity contribution in [1.29, 1.82) is 0 Å². The molecule has 1 aromatic carbocycles. The third-order valence-electron chi connectivity index (χ3n) is 2.53. The molecule has 4 heteroatoms. The van der Waals surface area contributed by atoms with Gasteiger partial charge in [-0.25, -0.2) is 4.68 Å². The summed E-state index contributed by atoms with van der Waals surface area (Å²) in [6.45, 7) is 0. The Kier molecular flexibility index (Phi) is 2.33. The molecule has 0 N–H and O–H groups in total. The smallest absolute Gasteiger partial charge is 0.0791 e. The summed E-state index contributed by atoms with van der Waals surface area (Å²) in [6, 6.07) is 8.19. The molecule has 2 nitrogen and oxygen atoms in total. The van der Waals surface area contributed by atoms with Crippen LogP contribution in [0.25, 0.3) is 5.69 Å². The van der Waals surface area contributed by atoms with Crippen molar-refractivity contribution >= 4 is 27.7 Å². The number of para-hydroxylation sites is 1. The Morgan fingerprint density at radius 2 is 2.13 bits per heavy atom. The fraction of sp³-hybridized carbons (Fsp3) is 0.182. The first kappa shape index (κ1) is 9.48. The molecule has 0 fully saturated rings. The van der Waals surface area contributed by atoms with Crippen LogP contribution in [-0.2, 0) is 11.5 Å². The molecule has 76 valence electrons. The lowest BCUT2D eigenvalue weighted by atomic mass is 10.3. The van der Waals surface area contributed by atoms with Gasteiger partial charge in [-0.15, -0.1) is 0 Å². The normalized spacial score (nSPS) is 14.2. The van der Waals surface area contributed by atoms with Crippen LogP contribution in [0.5, 0.6) is 0 Å². The van der Waals surface area contributed by atoms with Crippen molar-refractivity contribution in [3.05, 3.63) is 46.2 Å². The van der Waals surface area contributed by atoms with E-state index in [0.717, 1.165) is 21.7 Å². The van der Waals surface area contributed by atoms with E-state index < -0.39 is 0 Å². The van der Waals surface area contributed by atoms with Crippen LogP contribution in [0.15, 0.2) is 34.9 Å². The first-order chi connectivity index (χ1) is 7.36. The molecule has 0 amide bonds. The molecule has 3 rings (SSSR count). The summed E-state index contributed by atoms with van der Waals surface area (Å²) in [4.78, 5) is 0. The fourth-order valence-corrected chi connectivity index (χ4v) is 3.29. The SMILES string of the molecule is Brc1ccccc1-n1ncc2c1CSC2.